The molecule has 0 atom stereocenters. The van der Waals surface area contributed by atoms with Crippen LogP contribution in [0, 0.1) is 0 Å². The van der Waals surface area contributed by atoms with Gasteiger partial charge in [-0.15, -0.1) is 0 Å². The number of carbonyl (C=O) groups is 1. The first kappa shape index (κ1) is 53.9. The van der Waals surface area contributed by atoms with Crippen molar-refractivity contribution in [1.82, 2.24) is 0 Å². The van der Waals surface area contributed by atoms with Crippen LogP contribution in [0.2, 0.25) is 0 Å². The van der Waals surface area contributed by atoms with Crippen LogP contribution in [-0.2, 0) is 28.2 Å². The Labute approximate surface area is 354 Å². The third-order valence-electron chi connectivity index (χ3n) is 12.2. The Morgan fingerprint density at radius 1 is 0.421 bits per heavy atom. The van der Waals surface area contributed by atoms with Gasteiger partial charge >= 0.3 is 7.60 Å². The van der Waals surface area contributed by atoms with Gasteiger partial charge in [-0.2, -0.15) is 0 Å². The maximum Gasteiger partial charge on any atom is 0.396 e. The molecular formula is C51H95O5P. The Morgan fingerprint density at radius 2 is 0.632 bits per heavy atom. The maximum absolute atomic E-state index is 13.9. The van der Waals surface area contributed by atoms with E-state index in [1.807, 2.05) is 41.5 Å². The molecule has 57 heavy (non-hydrogen) atoms. The van der Waals surface area contributed by atoms with E-state index in [9.17, 15) is 24.3 Å². The van der Waals surface area contributed by atoms with E-state index < -0.39 is 24.0 Å². The Kier molecular flexibility index (Phi) is 29.1. The van der Waals surface area contributed by atoms with Gasteiger partial charge in [0.1, 0.15) is 5.75 Å². The maximum atomic E-state index is 13.9. The molecule has 0 aliphatic heterocycles. The highest BCUT2D eigenvalue weighted by Gasteiger charge is 2.39. The Hall–Kier alpha value is -1.16. The SMILES string of the molecule is CCCCCCCCCCCCCCCCCCc1c(C(=O)P(=O)(O)O)c(CCCCCCCCCCCCCCCCCC)c(C(C)(C)C)c(O)c1C(C)(C)C. The van der Waals surface area contributed by atoms with E-state index in [0.29, 0.717) is 35.1 Å². The zero-order valence-corrected chi connectivity index (χ0v) is 40.0. The van der Waals surface area contributed by atoms with Gasteiger partial charge in [-0.25, -0.2) is 0 Å². The van der Waals surface area contributed by atoms with Crippen molar-refractivity contribution in [1.29, 1.82) is 0 Å². The fourth-order valence-electron chi connectivity index (χ4n) is 9.06. The van der Waals surface area contributed by atoms with Crippen molar-refractivity contribution in [3.63, 3.8) is 0 Å². The number of hydrogen-bond donors (Lipinski definition) is 3. The second kappa shape index (κ2) is 30.8. The molecule has 0 saturated heterocycles. The van der Waals surface area contributed by atoms with Crippen LogP contribution in [0.5, 0.6) is 5.75 Å². The van der Waals surface area contributed by atoms with Gasteiger partial charge in [0, 0.05) is 16.7 Å². The van der Waals surface area contributed by atoms with Crippen LogP contribution in [0.15, 0.2) is 0 Å². The van der Waals surface area contributed by atoms with Gasteiger partial charge in [0.25, 0.3) is 5.52 Å². The zero-order chi connectivity index (χ0) is 42.6. The molecule has 0 fully saturated rings. The number of aromatic hydroxyl groups is 1. The Morgan fingerprint density at radius 3 is 0.825 bits per heavy atom. The summed E-state index contributed by atoms with van der Waals surface area (Å²) >= 11 is 0. The number of benzene rings is 1. The van der Waals surface area contributed by atoms with Gasteiger partial charge in [0.15, 0.2) is 0 Å². The molecule has 5 nitrogen and oxygen atoms in total. The van der Waals surface area contributed by atoms with Crippen molar-refractivity contribution >= 4 is 13.1 Å². The summed E-state index contributed by atoms with van der Waals surface area (Å²) in [7, 11) is -5.06. The third-order valence-corrected chi connectivity index (χ3v) is 13.0. The second-order valence-corrected chi connectivity index (χ2v) is 21.4. The van der Waals surface area contributed by atoms with Crippen LogP contribution in [0.4, 0.5) is 0 Å². The summed E-state index contributed by atoms with van der Waals surface area (Å²) in [5.74, 6) is 0.218. The number of unbranched alkanes of at least 4 members (excludes halogenated alkanes) is 30. The molecule has 6 heteroatoms. The summed E-state index contributed by atoms with van der Waals surface area (Å²) < 4.78 is 12.8. The number of hydrogen-bond acceptors (Lipinski definition) is 3. The van der Waals surface area contributed by atoms with Crippen molar-refractivity contribution in [2.75, 3.05) is 0 Å². The molecule has 0 amide bonds. The summed E-state index contributed by atoms with van der Waals surface area (Å²) in [5.41, 5.74) is 0.809. The molecule has 0 bridgehead atoms. The Bertz CT molecular complexity index is 1160. The number of carbonyl (C=O) groups excluding carboxylic acids is 1. The molecule has 0 spiro atoms. The predicted octanol–water partition coefficient (Wildman–Crippen LogP) is 16.9. The average Bonchev–Trinajstić information content (AvgIpc) is 3.12. The predicted molar refractivity (Wildman–Crippen MR) is 248 cm³/mol. The van der Waals surface area contributed by atoms with Crippen LogP contribution < -0.4 is 0 Å². The molecule has 3 N–H and O–H groups in total. The molecule has 0 aliphatic carbocycles. The van der Waals surface area contributed by atoms with Crippen LogP contribution in [0.3, 0.4) is 0 Å². The summed E-state index contributed by atoms with van der Waals surface area (Å²) in [4.78, 5) is 34.6. The lowest BCUT2D eigenvalue weighted by atomic mass is 9.71. The smallest absolute Gasteiger partial charge is 0.396 e. The Balaban J connectivity index is 2.84. The molecule has 1 rings (SSSR count). The van der Waals surface area contributed by atoms with Gasteiger partial charge in [-0.1, -0.05) is 248 Å². The lowest BCUT2D eigenvalue weighted by Gasteiger charge is -2.34. The normalized spacial score (nSPS) is 12.5. The van der Waals surface area contributed by atoms with Crippen LogP contribution >= 0.6 is 7.60 Å². The fraction of sp³-hybridized carbons (Fsp3) is 0.863. The monoisotopic (exact) mass is 819 g/mol. The van der Waals surface area contributed by atoms with Crippen LogP contribution in [-0.4, -0.2) is 20.4 Å². The summed E-state index contributed by atoms with van der Waals surface area (Å²) in [6.45, 7) is 16.8. The minimum Gasteiger partial charge on any atom is -0.507 e. The van der Waals surface area contributed by atoms with Crippen LogP contribution in [0.25, 0.3) is 0 Å². The molecule has 334 valence electrons. The lowest BCUT2D eigenvalue weighted by molar-refractivity contribution is 0.104. The topological polar surface area (TPSA) is 94.8 Å². The van der Waals surface area contributed by atoms with Gasteiger partial charge in [-0.3, -0.25) is 9.36 Å². The molecule has 0 radical (unpaired) electrons. The third kappa shape index (κ3) is 23.4. The van der Waals surface area contributed by atoms with Gasteiger partial charge in [0.05, 0.1) is 0 Å². The quantitative estimate of drug-likeness (QED) is 0.0463. The number of phenolic OH excluding ortho intramolecular Hbond substituents is 1. The highest BCUT2D eigenvalue weighted by molar-refractivity contribution is 7.70. The molecule has 0 saturated carbocycles. The number of rotatable bonds is 36. The highest BCUT2D eigenvalue weighted by Crippen LogP contribution is 2.50. The fourth-order valence-corrected chi connectivity index (χ4v) is 9.62. The minimum atomic E-state index is -5.06. The molecule has 0 aromatic heterocycles. The van der Waals surface area contributed by atoms with Gasteiger partial charge < -0.3 is 14.9 Å². The summed E-state index contributed by atoms with van der Waals surface area (Å²) in [5, 5.41) is 12.1. The summed E-state index contributed by atoms with van der Waals surface area (Å²) in [6, 6.07) is 0. The van der Waals surface area contributed by atoms with Crippen molar-refractivity contribution in [2.45, 2.75) is 285 Å². The van der Waals surface area contributed by atoms with Crippen LogP contribution in [0.1, 0.15) is 293 Å². The van der Waals surface area contributed by atoms with E-state index in [-0.39, 0.29) is 11.3 Å². The molecular weight excluding hydrogens is 724 g/mol. The van der Waals surface area contributed by atoms with E-state index in [0.717, 1.165) is 38.5 Å². The van der Waals surface area contributed by atoms with E-state index in [4.69, 9.17) is 0 Å². The standard InChI is InChI=1S/C51H95O5P/c1-9-11-13-15-17-19-21-23-25-27-29-31-33-35-37-39-41-43-45(49(53)57(54,55)56)44(47(51(6,7)8)48(52)46(43)50(3,4)5)42-40-38-36-34-32-30-28-26-24-22-20-18-16-14-12-10-2/h52H,9-42H2,1-8H3,(H2,54,55,56). The summed E-state index contributed by atoms with van der Waals surface area (Å²) in [6.07, 6.45) is 41.8. The van der Waals surface area contributed by atoms with Crippen molar-refractivity contribution in [2.24, 2.45) is 0 Å². The van der Waals surface area contributed by atoms with E-state index in [1.54, 1.807) is 0 Å². The largest absolute Gasteiger partial charge is 0.507 e. The second-order valence-electron chi connectivity index (χ2n) is 19.9. The zero-order valence-electron chi connectivity index (χ0n) is 39.1. The van der Waals surface area contributed by atoms with Gasteiger partial charge in [-0.05, 0) is 47.6 Å². The van der Waals surface area contributed by atoms with Crippen molar-refractivity contribution < 1.29 is 24.3 Å². The molecule has 0 aliphatic rings. The first-order valence-corrected chi connectivity index (χ1v) is 26.2. The molecule has 0 unspecified atom stereocenters. The van der Waals surface area contributed by atoms with Gasteiger partial charge in [0.2, 0.25) is 0 Å². The van der Waals surface area contributed by atoms with Crippen molar-refractivity contribution in [3.05, 3.63) is 27.8 Å². The van der Waals surface area contributed by atoms with Crippen molar-refractivity contribution in [3.8, 4) is 5.75 Å². The lowest BCUT2D eigenvalue weighted by Crippen LogP contribution is -2.25. The molecule has 1 aromatic rings. The first-order valence-electron chi connectivity index (χ1n) is 24.6. The average molecular weight is 819 g/mol. The number of phenols is 1. The van der Waals surface area contributed by atoms with E-state index >= 15 is 0 Å². The molecule has 1 aromatic carbocycles. The first-order chi connectivity index (χ1) is 27.1. The minimum absolute atomic E-state index is 0.206. The molecule has 0 heterocycles. The van der Waals surface area contributed by atoms with E-state index in [1.165, 1.54) is 167 Å². The van der Waals surface area contributed by atoms with E-state index in [2.05, 4.69) is 13.8 Å². The highest BCUT2D eigenvalue weighted by atomic mass is 31.2.